The van der Waals surface area contributed by atoms with Crippen LogP contribution in [0.15, 0.2) is 94.5 Å². The molecule has 0 aliphatic rings. The highest BCUT2D eigenvalue weighted by Crippen LogP contribution is 2.27. The molecule has 1 N–H and O–H groups in total. The molecule has 6 heteroatoms. The van der Waals surface area contributed by atoms with E-state index in [0.717, 1.165) is 15.6 Å². The van der Waals surface area contributed by atoms with Crippen LogP contribution in [0, 0.1) is 0 Å². The summed E-state index contributed by atoms with van der Waals surface area (Å²) in [7, 11) is 0. The van der Waals surface area contributed by atoms with Crippen LogP contribution < -0.4 is 10.2 Å². The van der Waals surface area contributed by atoms with E-state index in [9.17, 15) is 4.79 Å². The van der Waals surface area contributed by atoms with Gasteiger partial charge >= 0.3 is 0 Å². The van der Waals surface area contributed by atoms with E-state index in [4.69, 9.17) is 16.3 Å². The van der Waals surface area contributed by atoms with Crippen molar-refractivity contribution < 1.29 is 9.53 Å². The first-order chi connectivity index (χ1) is 14.1. The van der Waals surface area contributed by atoms with Gasteiger partial charge in [0.2, 0.25) is 0 Å². The molecule has 0 aromatic heterocycles. The number of rotatable bonds is 7. The number of amides is 1. The molecule has 0 spiro atoms. The number of ether oxygens (including phenoxy) is 1. The SMILES string of the molecule is O=C(COc1ccc(Br)cc1Cl)N/N=C(\C=C\c1ccccc1)c1ccccc1. The maximum Gasteiger partial charge on any atom is 0.277 e. The fourth-order valence-corrected chi connectivity index (χ4v) is 3.16. The van der Waals surface area contributed by atoms with E-state index >= 15 is 0 Å². The highest BCUT2D eigenvalue weighted by atomic mass is 79.9. The zero-order chi connectivity index (χ0) is 20.5. The Morgan fingerprint density at radius 1 is 1.03 bits per heavy atom. The van der Waals surface area contributed by atoms with Crippen LogP contribution in [0.25, 0.3) is 6.08 Å². The van der Waals surface area contributed by atoms with Gasteiger partial charge in [-0.2, -0.15) is 5.10 Å². The Balaban J connectivity index is 1.68. The number of hydrogen-bond acceptors (Lipinski definition) is 3. The molecule has 1 amide bonds. The summed E-state index contributed by atoms with van der Waals surface area (Å²) < 4.78 is 6.30. The Kier molecular flexibility index (Phi) is 7.61. The molecular formula is C23H18BrClN2O2. The Bertz CT molecular complexity index is 1020. The van der Waals surface area contributed by atoms with Gasteiger partial charge in [-0.25, -0.2) is 5.43 Å². The minimum absolute atomic E-state index is 0.199. The Morgan fingerprint density at radius 2 is 1.72 bits per heavy atom. The maximum atomic E-state index is 12.2. The summed E-state index contributed by atoms with van der Waals surface area (Å²) in [5, 5.41) is 4.69. The van der Waals surface area contributed by atoms with E-state index < -0.39 is 0 Å². The summed E-state index contributed by atoms with van der Waals surface area (Å²) in [6.45, 7) is -0.199. The molecule has 0 aliphatic heterocycles. The van der Waals surface area contributed by atoms with Crippen molar-refractivity contribution in [3.63, 3.8) is 0 Å². The molecule has 0 atom stereocenters. The number of carbonyl (C=O) groups excluding carboxylic acids is 1. The molecule has 0 fully saturated rings. The van der Waals surface area contributed by atoms with Gasteiger partial charge in [0, 0.05) is 10.0 Å². The largest absolute Gasteiger partial charge is 0.482 e. The van der Waals surface area contributed by atoms with Gasteiger partial charge in [0.1, 0.15) is 5.75 Å². The molecule has 0 bridgehead atoms. The van der Waals surface area contributed by atoms with Gasteiger partial charge < -0.3 is 4.74 Å². The van der Waals surface area contributed by atoms with Crippen LogP contribution in [0.2, 0.25) is 5.02 Å². The lowest BCUT2D eigenvalue weighted by Gasteiger charge is -2.08. The van der Waals surface area contributed by atoms with Crippen molar-refractivity contribution in [1.29, 1.82) is 0 Å². The van der Waals surface area contributed by atoms with Gasteiger partial charge in [0.25, 0.3) is 5.91 Å². The third-order valence-electron chi connectivity index (χ3n) is 3.86. The van der Waals surface area contributed by atoms with E-state index in [0.29, 0.717) is 16.5 Å². The van der Waals surface area contributed by atoms with Crippen molar-refractivity contribution in [2.45, 2.75) is 0 Å². The van der Waals surface area contributed by atoms with E-state index in [2.05, 4.69) is 26.5 Å². The Hall–Kier alpha value is -2.89. The monoisotopic (exact) mass is 468 g/mol. The van der Waals surface area contributed by atoms with Crippen LogP contribution in [-0.2, 0) is 4.79 Å². The van der Waals surface area contributed by atoms with Crippen LogP contribution in [-0.4, -0.2) is 18.2 Å². The standard InChI is InChI=1S/C23H18BrClN2O2/c24-19-12-14-22(20(25)15-19)29-16-23(28)27-26-21(18-9-5-2-6-10-18)13-11-17-7-3-1-4-8-17/h1-15H,16H2,(H,27,28)/b13-11+,26-21+. The minimum atomic E-state index is -0.384. The summed E-state index contributed by atoms with van der Waals surface area (Å²) in [5.41, 5.74) is 5.09. The summed E-state index contributed by atoms with van der Waals surface area (Å²) in [4.78, 5) is 12.2. The highest BCUT2D eigenvalue weighted by molar-refractivity contribution is 9.10. The molecule has 0 heterocycles. The smallest absolute Gasteiger partial charge is 0.277 e. The lowest BCUT2D eigenvalue weighted by atomic mass is 10.1. The average Bonchev–Trinajstić information content (AvgIpc) is 2.74. The highest BCUT2D eigenvalue weighted by Gasteiger charge is 2.07. The predicted octanol–water partition coefficient (Wildman–Crippen LogP) is 5.72. The first kappa shape index (κ1) is 20.8. The normalized spacial score (nSPS) is 11.4. The first-order valence-corrected chi connectivity index (χ1v) is 10.0. The van der Waals surface area contributed by atoms with Crippen LogP contribution >= 0.6 is 27.5 Å². The summed E-state index contributed by atoms with van der Waals surface area (Å²) in [6, 6.07) is 24.7. The number of hydrazone groups is 1. The molecule has 3 aromatic carbocycles. The molecule has 0 unspecified atom stereocenters. The summed E-state index contributed by atoms with van der Waals surface area (Å²) >= 11 is 9.42. The number of halogens is 2. The van der Waals surface area contributed by atoms with E-state index in [1.165, 1.54) is 0 Å². The second-order valence-electron chi connectivity index (χ2n) is 6.01. The van der Waals surface area contributed by atoms with Crippen molar-refractivity contribution in [2.24, 2.45) is 5.10 Å². The number of hydrogen-bond donors (Lipinski definition) is 1. The van der Waals surface area contributed by atoms with Crippen molar-refractivity contribution >= 4 is 45.2 Å². The van der Waals surface area contributed by atoms with Crippen molar-refractivity contribution in [1.82, 2.24) is 5.43 Å². The fourth-order valence-electron chi connectivity index (χ4n) is 2.44. The van der Waals surface area contributed by atoms with Crippen molar-refractivity contribution in [3.8, 4) is 5.75 Å². The van der Waals surface area contributed by atoms with Gasteiger partial charge in [-0.05, 0) is 29.8 Å². The summed E-state index contributed by atoms with van der Waals surface area (Å²) in [6.07, 6.45) is 3.80. The molecule has 4 nitrogen and oxygen atoms in total. The maximum absolute atomic E-state index is 12.2. The van der Waals surface area contributed by atoms with Gasteiger partial charge in [-0.15, -0.1) is 0 Å². The lowest BCUT2D eigenvalue weighted by Crippen LogP contribution is -2.25. The number of carbonyl (C=O) groups is 1. The van der Waals surface area contributed by atoms with Crippen molar-refractivity contribution in [3.05, 3.63) is 106 Å². The zero-order valence-corrected chi connectivity index (χ0v) is 17.7. The quantitative estimate of drug-likeness (QED) is 0.356. The van der Waals surface area contributed by atoms with Gasteiger partial charge in [-0.3, -0.25) is 4.79 Å². The van der Waals surface area contributed by atoms with Crippen LogP contribution in [0.5, 0.6) is 5.75 Å². The second-order valence-corrected chi connectivity index (χ2v) is 7.33. The fraction of sp³-hybridized carbons (Fsp3) is 0.0435. The van der Waals surface area contributed by atoms with E-state index in [-0.39, 0.29) is 12.5 Å². The topological polar surface area (TPSA) is 50.7 Å². The second kappa shape index (κ2) is 10.6. The molecule has 0 saturated carbocycles. The van der Waals surface area contributed by atoms with Gasteiger partial charge in [0.05, 0.1) is 10.7 Å². The first-order valence-electron chi connectivity index (χ1n) is 8.85. The number of benzene rings is 3. The molecule has 3 rings (SSSR count). The van der Waals surface area contributed by atoms with E-state index in [1.807, 2.05) is 72.8 Å². The summed E-state index contributed by atoms with van der Waals surface area (Å²) in [5.74, 6) is 0.0479. The lowest BCUT2D eigenvalue weighted by molar-refractivity contribution is -0.123. The molecule has 146 valence electrons. The molecule has 0 saturated heterocycles. The third-order valence-corrected chi connectivity index (χ3v) is 4.65. The zero-order valence-electron chi connectivity index (χ0n) is 15.4. The van der Waals surface area contributed by atoms with Gasteiger partial charge in [-0.1, -0.05) is 94.3 Å². The van der Waals surface area contributed by atoms with Crippen LogP contribution in [0.3, 0.4) is 0 Å². The Labute approximate surface area is 183 Å². The third kappa shape index (κ3) is 6.59. The molecule has 0 aliphatic carbocycles. The molecular weight excluding hydrogens is 452 g/mol. The Morgan fingerprint density at radius 3 is 2.41 bits per heavy atom. The molecule has 0 radical (unpaired) electrons. The van der Waals surface area contributed by atoms with Gasteiger partial charge in [0.15, 0.2) is 6.61 Å². The number of allylic oxidation sites excluding steroid dienone is 1. The number of nitrogens with zero attached hydrogens (tertiary/aromatic N) is 1. The van der Waals surface area contributed by atoms with Crippen LogP contribution in [0.4, 0.5) is 0 Å². The minimum Gasteiger partial charge on any atom is -0.482 e. The average molecular weight is 470 g/mol. The van der Waals surface area contributed by atoms with Crippen molar-refractivity contribution in [2.75, 3.05) is 6.61 Å². The molecule has 3 aromatic rings. The number of nitrogens with one attached hydrogen (secondary N) is 1. The molecule has 29 heavy (non-hydrogen) atoms. The van der Waals surface area contributed by atoms with Crippen LogP contribution in [0.1, 0.15) is 11.1 Å². The van der Waals surface area contributed by atoms with E-state index in [1.54, 1.807) is 18.2 Å². The predicted molar refractivity (Wildman–Crippen MR) is 121 cm³/mol.